The van der Waals surface area contributed by atoms with Gasteiger partial charge in [0.15, 0.2) is 0 Å². The van der Waals surface area contributed by atoms with E-state index in [1.165, 1.54) is 30.3 Å². The molecule has 0 bridgehead atoms. The highest BCUT2D eigenvalue weighted by atomic mass is 35.5. The Morgan fingerprint density at radius 2 is 1.89 bits per heavy atom. The molecule has 2 N–H and O–H groups in total. The second-order valence-electron chi connectivity index (χ2n) is 5.95. The predicted molar refractivity (Wildman–Crippen MR) is 103 cm³/mol. The van der Waals surface area contributed by atoms with Crippen LogP contribution in [0.5, 0.6) is 0 Å². The van der Waals surface area contributed by atoms with E-state index in [0.29, 0.717) is 11.4 Å². The van der Waals surface area contributed by atoms with Crippen molar-refractivity contribution in [1.82, 2.24) is 9.55 Å². The number of anilines is 3. The van der Waals surface area contributed by atoms with Crippen molar-refractivity contribution in [3.05, 3.63) is 81.2 Å². The van der Waals surface area contributed by atoms with Gasteiger partial charge < -0.3 is 10.6 Å². The summed E-state index contributed by atoms with van der Waals surface area (Å²) in [7, 11) is 0. The molecule has 1 aromatic heterocycles. The fourth-order valence-electron chi connectivity index (χ4n) is 2.49. The van der Waals surface area contributed by atoms with Gasteiger partial charge >= 0.3 is 0 Å². The summed E-state index contributed by atoms with van der Waals surface area (Å²) in [6, 6.07) is 10.4. The lowest BCUT2D eigenvalue weighted by atomic mass is 10.3. The van der Waals surface area contributed by atoms with E-state index in [0.717, 1.165) is 16.7 Å². The minimum Gasteiger partial charge on any atom is -0.325 e. The molecule has 0 radical (unpaired) electrons. The van der Waals surface area contributed by atoms with Gasteiger partial charge in [0.05, 0.1) is 10.7 Å². The summed E-state index contributed by atoms with van der Waals surface area (Å²) in [5.41, 5.74) is 0.389. The van der Waals surface area contributed by atoms with Crippen molar-refractivity contribution in [1.29, 1.82) is 0 Å². The van der Waals surface area contributed by atoms with E-state index in [2.05, 4.69) is 15.6 Å². The second-order valence-corrected chi connectivity index (χ2v) is 6.36. The number of nitrogens with zero attached hydrogens (tertiary/aromatic N) is 2. The Morgan fingerprint density at radius 3 is 2.64 bits per heavy atom. The van der Waals surface area contributed by atoms with Crippen LogP contribution in [-0.2, 0) is 11.3 Å². The number of aromatic nitrogens is 2. The van der Waals surface area contributed by atoms with E-state index in [9.17, 15) is 18.4 Å². The van der Waals surface area contributed by atoms with Crippen molar-refractivity contribution in [2.75, 3.05) is 10.6 Å². The molecule has 3 rings (SSSR count). The summed E-state index contributed by atoms with van der Waals surface area (Å²) >= 11 is 5.94. The monoisotopic (exact) mass is 404 g/mol. The zero-order valence-electron chi connectivity index (χ0n) is 14.7. The number of halogens is 3. The predicted octanol–water partition coefficient (Wildman–Crippen LogP) is 3.87. The highest BCUT2D eigenvalue weighted by molar-refractivity contribution is 6.33. The van der Waals surface area contributed by atoms with Crippen molar-refractivity contribution < 1.29 is 13.6 Å². The van der Waals surface area contributed by atoms with Gasteiger partial charge in [0.2, 0.25) is 11.9 Å². The average molecular weight is 405 g/mol. The van der Waals surface area contributed by atoms with Crippen LogP contribution in [0.15, 0.2) is 53.3 Å². The topological polar surface area (TPSA) is 76.0 Å². The molecule has 0 aliphatic carbocycles. The number of benzene rings is 2. The van der Waals surface area contributed by atoms with E-state index < -0.39 is 29.6 Å². The van der Waals surface area contributed by atoms with Gasteiger partial charge in [0, 0.05) is 17.4 Å². The van der Waals surface area contributed by atoms with E-state index in [1.807, 2.05) is 0 Å². The number of rotatable bonds is 5. The number of hydrogen-bond acceptors (Lipinski definition) is 4. The van der Waals surface area contributed by atoms with Gasteiger partial charge in [0.1, 0.15) is 18.2 Å². The summed E-state index contributed by atoms with van der Waals surface area (Å²) in [4.78, 5) is 29.0. The van der Waals surface area contributed by atoms with Crippen molar-refractivity contribution in [3.8, 4) is 0 Å². The molecule has 0 aliphatic rings. The molecule has 3 aromatic rings. The molecule has 0 fully saturated rings. The van der Waals surface area contributed by atoms with Crippen LogP contribution in [0.25, 0.3) is 0 Å². The smallest absolute Gasteiger partial charge is 0.255 e. The summed E-state index contributed by atoms with van der Waals surface area (Å²) in [5, 5.41) is 5.44. The molecule has 144 valence electrons. The van der Waals surface area contributed by atoms with Crippen LogP contribution in [0.4, 0.5) is 26.1 Å². The van der Waals surface area contributed by atoms with Crippen molar-refractivity contribution in [2.45, 2.75) is 13.5 Å². The largest absolute Gasteiger partial charge is 0.325 e. The first kappa shape index (κ1) is 19.5. The van der Waals surface area contributed by atoms with Crippen LogP contribution >= 0.6 is 11.6 Å². The van der Waals surface area contributed by atoms with E-state index >= 15 is 0 Å². The third kappa shape index (κ3) is 4.72. The summed E-state index contributed by atoms with van der Waals surface area (Å²) < 4.78 is 27.9. The molecular weight excluding hydrogens is 390 g/mol. The number of amides is 1. The molecule has 6 nitrogen and oxygen atoms in total. The van der Waals surface area contributed by atoms with Crippen molar-refractivity contribution in [2.24, 2.45) is 0 Å². The minimum atomic E-state index is -0.609. The van der Waals surface area contributed by atoms with Crippen LogP contribution in [0.3, 0.4) is 0 Å². The Bertz CT molecular complexity index is 1100. The maximum Gasteiger partial charge on any atom is 0.255 e. The number of nitrogens with one attached hydrogen (secondary N) is 2. The van der Waals surface area contributed by atoms with Gasteiger partial charge in [-0.05, 0) is 43.3 Å². The first-order valence-electron chi connectivity index (χ1n) is 8.18. The van der Waals surface area contributed by atoms with Crippen LogP contribution in [0.2, 0.25) is 5.02 Å². The number of hydrogen-bond donors (Lipinski definition) is 2. The van der Waals surface area contributed by atoms with Crippen LogP contribution in [-0.4, -0.2) is 15.5 Å². The molecule has 1 heterocycles. The zero-order chi connectivity index (χ0) is 20.3. The molecular formula is C19H15ClF2N4O2. The van der Waals surface area contributed by atoms with E-state index in [-0.39, 0.29) is 16.7 Å². The van der Waals surface area contributed by atoms with E-state index in [1.54, 1.807) is 13.0 Å². The number of carbonyl (C=O) groups excluding carboxylic acids is 1. The fraction of sp³-hybridized carbons (Fsp3) is 0.105. The molecule has 9 heteroatoms. The maximum atomic E-state index is 13.4. The lowest BCUT2D eigenvalue weighted by Gasteiger charge is -2.14. The number of carbonyl (C=O) groups is 1. The maximum absolute atomic E-state index is 13.4. The van der Waals surface area contributed by atoms with Crippen LogP contribution in [0.1, 0.15) is 5.69 Å². The van der Waals surface area contributed by atoms with Crippen LogP contribution in [0, 0.1) is 18.6 Å². The molecule has 0 aliphatic heterocycles. The quantitative estimate of drug-likeness (QED) is 0.677. The number of aryl methyl sites for hydroxylation is 1. The van der Waals surface area contributed by atoms with Gasteiger partial charge in [-0.15, -0.1) is 0 Å². The molecule has 0 spiro atoms. The first-order chi connectivity index (χ1) is 13.3. The van der Waals surface area contributed by atoms with E-state index in [4.69, 9.17) is 11.6 Å². The Morgan fingerprint density at radius 1 is 1.14 bits per heavy atom. The van der Waals surface area contributed by atoms with Gasteiger partial charge in [0.25, 0.3) is 5.56 Å². The molecule has 2 aromatic carbocycles. The van der Waals surface area contributed by atoms with Gasteiger partial charge in [-0.3, -0.25) is 14.2 Å². The Balaban J connectivity index is 1.87. The second kappa shape index (κ2) is 8.18. The molecule has 0 atom stereocenters. The Hall–Kier alpha value is -3.26. The van der Waals surface area contributed by atoms with Crippen LogP contribution < -0.4 is 16.2 Å². The first-order valence-corrected chi connectivity index (χ1v) is 8.55. The lowest BCUT2D eigenvalue weighted by Crippen LogP contribution is -2.30. The zero-order valence-corrected chi connectivity index (χ0v) is 15.4. The van der Waals surface area contributed by atoms with Gasteiger partial charge in [-0.2, -0.15) is 0 Å². The van der Waals surface area contributed by atoms with Gasteiger partial charge in [-0.25, -0.2) is 13.8 Å². The molecule has 28 heavy (non-hydrogen) atoms. The van der Waals surface area contributed by atoms with Gasteiger partial charge in [-0.1, -0.05) is 17.7 Å². The molecule has 0 saturated heterocycles. The summed E-state index contributed by atoms with van der Waals surface area (Å²) in [6.07, 6.45) is 0. The third-order valence-electron chi connectivity index (χ3n) is 3.72. The standard InChI is InChI=1S/C19H15ClF2N4O2/c1-11-7-18(28)26(19(23-11)24-14-4-2-3-12(21)8-14)10-17(27)25-16-9-13(22)5-6-15(16)20/h2-9H,10H2,1H3,(H,23,24)(H,25,27). The fourth-order valence-corrected chi connectivity index (χ4v) is 2.66. The Labute approximate surface area is 163 Å². The Kier molecular flexibility index (Phi) is 5.70. The summed E-state index contributed by atoms with van der Waals surface area (Å²) in [6.45, 7) is 1.21. The minimum absolute atomic E-state index is 0.0658. The average Bonchev–Trinajstić information content (AvgIpc) is 2.61. The van der Waals surface area contributed by atoms with Crippen molar-refractivity contribution in [3.63, 3.8) is 0 Å². The molecule has 0 unspecified atom stereocenters. The van der Waals surface area contributed by atoms with Crippen molar-refractivity contribution >= 4 is 34.8 Å². The summed E-state index contributed by atoms with van der Waals surface area (Å²) in [5.74, 6) is -1.58. The molecule has 0 saturated carbocycles. The highest BCUT2D eigenvalue weighted by Gasteiger charge is 2.14. The normalized spacial score (nSPS) is 10.6. The SMILES string of the molecule is Cc1cc(=O)n(CC(=O)Nc2cc(F)ccc2Cl)c(Nc2cccc(F)c2)n1. The highest BCUT2D eigenvalue weighted by Crippen LogP contribution is 2.22. The lowest BCUT2D eigenvalue weighted by molar-refractivity contribution is -0.116. The third-order valence-corrected chi connectivity index (χ3v) is 4.05. The molecule has 1 amide bonds.